The van der Waals surface area contributed by atoms with Gasteiger partial charge in [0, 0.05) is 0 Å². The van der Waals surface area contributed by atoms with E-state index in [1.165, 1.54) is 0 Å². The number of hydrogen-bond donors (Lipinski definition) is 4. The summed E-state index contributed by atoms with van der Waals surface area (Å²) in [6.45, 7) is 0. The van der Waals surface area contributed by atoms with Crippen LogP contribution in [-0.2, 0) is 4.79 Å². The van der Waals surface area contributed by atoms with Gasteiger partial charge in [-0.2, -0.15) is 0 Å². The predicted molar refractivity (Wildman–Crippen MR) is 46.7 cm³/mol. The highest BCUT2D eigenvalue weighted by Crippen LogP contribution is 2.01. The first-order chi connectivity index (χ1) is 5.07. The molecule has 0 aliphatic carbocycles. The zero-order valence-electron chi connectivity index (χ0n) is 5.74. The molecule has 0 heterocycles. The highest BCUT2D eigenvalue weighted by Gasteiger charge is 2.15. The van der Waals surface area contributed by atoms with Crippen molar-refractivity contribution < 1.29 is 15.6 Å². The molecule has 0 aromatic carbocycles. The van der Waals surface area contributed by atoms with Gasteiger partial charge < -0.3 is 16.3 Å². The zero-order chi connectivity index (χ0) is 8.85. The number of hydrogen-bond acceptors (Lipinski definition) is 4. The molecule has 0 spiro atoms. The van der Waals surface area contributed by atoms with Crippen molar-refractivity contribution in [3.05, 3.63) is 0 Å². The molecule has 0 aromatic heterocycles. The van der Waals surface area contributed by atoms with E-state index in [-0.39, 0.29) is 0 Å². The molecule has 1 atom stereocenters. The molecule has 11 heavy (non-hydrogen) atoms. The number of thioether (sulfide) groups is 1. The Morgan fingerprint density at radius 3 is 2.82 bits per heavy atom. The van der Waals surface area contributed by atoms with Crippen molar-refractivity contribution in [3.63, 3.8) is 0 Å². The van der Waals surface area contributed by atoms with Gasteiger partial charge in [0.25, 0.3) is 0 Å². The lowest BCUT2D eigenvalue weighted by Crippen LogP contribution is -2.66. The lowest BCUT2D eigenvalue weighted by atomic mass is 10.4. The van der Waals surface area contributed by atoms with Crippen molar-refractivity contribution in [3.8, 4) is 0 Å². The molecule has 0 aromatic rings. The second-order valence-corrected chi connectivity index (χ2v) is 3.47. The maximum absolute atomic E-state index is 10.2. The number of nitrogens with one attached hydrogen (secondary N) is 1. The molecule has 7 N–H and O–H groups in total. The van der Waals surface area contributed by atoms with E-state index in [1.54, 1.807) is 0 Å². The summed E-state index contributed by atoms with van der Waals surface area (Å²) in [6.07, 6.45) is 0. The van der Waals surface area contributed by atoms with Crippen LogP contribution < -0.4 is 17.0 Å². The minimum absolute atomic E-state index is 0.332. The van der Waals surface area contributed by atoms with E-state index < -0.39 is 12.0 Å². The Morgan fingerprint density at radius 2 is 2.45 bits per heavy atom. The second kappa shape index (κ2) is 5.30. The number of nitrogens with two attached hydrogens (primary N) is 1. The molecular formula is C4H10N3O2S2+. The van der Waals surface area contributed by atoms with Crippen molar-refractivity contribution in [1.82, 2.24) is 5.43 Å². The third-order valence-corrected chi connectivity index (χ3v) is 2.30. The number of carboxylic acid groups (broad SMARTS) is 1. The second-order valence-electron chi connectivity index (χ2n) is 1.78. The summed E-state index contributed by atoms with van der Waals surface area (Å²) in [4.78, 5) is 10.2. The van der Waals surface area contributed by atoms with Gasteiger partial charge in [-0.05, 0) is 0 Å². The average Bonchev–Trinajstić information content (AvgIpc) is 1.99. The summed E-state index contributed by atoms with van der Waals surface area (Å²) in [6, 6.07) is -0.647. The monoisotopic (exact) mass is 196 g/mol. The largest absolute Gasteiger partial charge is 0.477 e. The van der Waals surface area contributed by atoms with Gasteiger partial charge in [0.2, 0.25) is 0 Å². The van der Waals surface area contributed by atoms with Crippen LogP contribution in [0.15, 0.2) is 0 Å². The van der Waals surface area contributed by atoms with Gasteiger partial charge >= 0.3 is 5.97 Å². The number of carboxylic acids is 1. The van der Waals surface area contributed by atoms with E-state index in [2.05, 4.69) is 23.4 Å². The van der Waals surface area contributed by atoms with Crippen LogP contribution >= 0.6 is 24.0 Å². The van der Waals surface area contributed by atoms with E-state index >= 15 is 0 Å². The van der Waals surface area contributed by atoms with E-state index in [0.717, 1.165) is 11.8 Å². The Hall–Kier alpha value is -0.370. The van der Waals surface area contributed by atoms with Gasteiger partial charge in [0.1, 0.15) is 4.32 Å². The summed E-state index contributed by atoms with van der Waals surface area (Å²) in [5, 5.41) is 8.40. The molecule has 0 amide bonds. The van der Waals surface area contributed by atoms with Gasteiger partial charge in [-0.15, -0.1) is 0 Å². The lowest BCUT2D eigenvalue weighted by Gasteiger charge is -2.02. The maximum Gasteiger partial charge on any atom is 0.363 e. The molecular weight excluding hydrogens is 186 g/mol. The smallest absolute Gasteiger partial charge is 0.363 e. The first kappa shape index (κ1) is 10.6. The van der Waals surface area contributed by atoms with Crippen molar-refractivity contribution in [2.75, 3.05) is 5.75 Å². The standard InChI is InChI=1S/C4H9N3O2S2/c5-2(3(8)9)1-11-4(10)7-6/h2H,1,5-6H2,(H,7,10)(H,8,9)/p+1. The van der Waals surface area contributed by atoms with Crippen LogP contribution in [0.4, 0.5) is 0 Å². The minimum atomic E-state index is -0.933. The molecule has 0 rings (SSSR count). The zero-order valence-corrected chi connectivity index (χ0v) is 7.37. The number of hydrazine groups is 1. The van der Waals surface area contributed by atoms with Crippen molar-refractivity contribution in [1.29, 1.82) is 0 Å². The third-order valence-electron chi connectivity index (χ3n) is 0.883. The number of aliphatic carboxylic acids is 1. The fraction of sp³-hybridized carbons (Fsp3) is 0.500. The Balaban J connectivity index is 3.54. The third kappa shape index (κ3) is 4.96. The van der Waals surface area contributed by atoms with Gasteiger partial charge in [-0.1, -0.05) is 24.0 Å². The van der Waals surface area contributed by atoms with Crippen molar-refractivity contribution >= 4 is 34.3 Å². The predicted octanol–water partition coefficient (Wildman–Crippen LogP) is -1.84. The number of thiocarbonyl (C=S) groups is 1. The quantitative estimate of drug-likeness (QED) is 0.240. The number of quaternary nitrogens is 1. The molecule has 0 saturated heterocycles. The lowest BCUT2D eigenvalue weighted by molar-refractivity contribution is -0.400. The molecule has 0 saturated carbocycles. The molecule has 64 valence electrons. The molecule has 0 aliphatic rings. The van der Waals surface area contributed by atoms with Crippen LogP contribution in [-0.4, -0.2) is 27.2 Å². The highest BCUT2D eigenvalue weighted by molar-refractivity contribution is 8.23. The van der Waals surface area contributed by atoms with E-state index in [4.69, 9.17) is 10.9 Å². The van der Waals surface area contributed by atoms with Crippen LogP contribution in [0.1, 0.15) is 0 Å². The van der Waals surface area contributed by atoms with E-state index in [1.807, 2.05) is 0 Å². The van der Waals surface area contributed by atoms with Crippen LogP contribution in [0.2, 0.25) is 0 Å². The maximum atomic E-state index is 10.2. The Labute approximate surface area is 73.5 Å². The Morgan fingerprint density at radius 1 is 1.91 bits per heavy atom. The first-order valence-corrected chi connectivity index (χ1v) is 4.16. The fourth-order valence-electron chi connectivity index (χ4n) is 0.289. The van der Waals surface area contributed by atoms with Crippen LogP contribution in [0.5, 0.6) is 0 Å². The molecule has 0 aliphatic heterocycles. The summed E-state index contributed by atoms with van der Waals surface area (Å²) < 4.78 is 0.375. The number of rotatable bonds is 3. The SMILES string of the molecule is NNC(=S)SCC([NH3+])C(=O)O. The van der Waals surface area contributed by atoms with E-state index in [9.17, 15) is 4.79 Å². The average molecular weight is 196 g/mol. The van der Waals surface area contributed by atoms with Crippen LogP contribution in [0.3, 0.4) is 0 Å². The summed E-state index contributed by atoms with van der Waals surface area (Å²) >= 11 is 5.83. The highest BCUT2D eigenvalue weighted by atomic mass is 32.2. The summed E-state index contributed by atoms with van der Waals surface area (Å²) in [7, 11) is 0. The summed E-state index contributed by atoms with van der Waals surface area (Å²) in [5.41, 5.74) is 5.63. The van der Waals surface area contributed by atoms with Crippen LogP contribution in [0.25, 0.3) is 0 Å². The van der Waals surface area contributed by atoms with Crippen molar-refractivity contribution in [2.45, 2.75) is 6.04 Å². The van der Waals surface area contributed by atoms with Crippen LogP contribution in [0, 0.1) is 0 Å². The molecule has 7 heteroatoms. The van der Waals surface area contributed by atoms with Gasteiger partial charge in [0.15, 0.2) is 6.04 Å². The Bertz CT molecular complexity index is 163. The first-order valence-electron chi connectivity index (χ1n) is 2.77. The normalized spacial score (nSPS) is 12.2. The molecule has 1 unspecified atom stereocenters. The van der Waals surface area contributed by atoms with Gasteiger partial charge in [0.05, 0.1) is 5.75 Å². The van der Waals surface area contributed by atoms with Gasteiger partial charge in [-0.3, -0.25) is 0 Å². The minimum Gasteiger partial charge on any atom is -0.477 e. The Kier molecular flexibility index (Phi) is 5.12. The molecule has 0 radical (unpaired) electrons. The van der Waals surface area contributed by atoms with Crippen molar-refractivity contribution in [2.24, 2.45) is 5.84 Å². The molecule has 0 bridgehead atoms. The molecule has 5 nitrogen and oxygen atoms in total. The molecule has 0 fully saturated rings. The topological polar surface area (TPSA) is 103 Å². The fourth-order valence-corrected chi connectivity index (χ4v) is 1.07. The van der Waals surface area contributed by atoms with E-state index in [0.29, 0.717) is 10.1 Å². The van der Waals surface area contributed by atoms with Gasteiger partial charge in [-0.25, -0.2) is 10.6 Å². The number of carbonyl (C=O) groups is 1. The summed E-state index contributed by atoms with van der Waals surface area (Å²) in [5.74, 6) is 4.35.